The molecule has 0 aliphatic heterocycles. The number of allylic oxidation sites excluding steroid dienone is 1. The highest BCUT2D eigenvalue weighted by Gasteiger charge is 2.59. The lowest BCUT2D eigenvalue weighted by Gasteiger charge is -2.58. The molecule has 0 aromatic rings. The van der Waals surface area contributed by atoms with E-state index in [1.54, 1.807) is 0 Å². The average molecular weight is 403 g/mol. The van der Waals surface area contributed by atoms with Gasteiger partial charge >= 0.3 is 0 Å². The SMILES string of the molecule is CC(C)(C)[Si](C)(C)O[C@H]1C=C[C@@]2(C)[C@@H](CC[C@@H]3[C@@H]2CC[C@]2(C)C(=O)CC[C@@H]32)C1. The second kappa shape index (κ2) is 6.54. The van der Waals surface area contributed by atoms with E-state index in [-0.39, 0.29) is 10.5 Å². The van der Waals surface area contributed by atoms with Crippen LogP contribution in [0.5, 0.6) is 0 Å². The molecule has 0 unspecified atom stereocenters. The minimum atomic E-state index is -1.73. The Morgan fingerprint density at radius 3 is 2.46 bits per heavy atom. The summed E-state index contributed by atoms with van der Waals surface area (Å²) in [5.41, 5.74) is 0.305. The summed E-state index contributed by atoms with van der Waals surface area (Å²) in [6, 6.07) is 0. The van der Waals surface area contributed by atoms with Crippen LogP contribution in [0.4, 0.5) is 0 Å². The lowest BCUT2D eigenvalue weighted by Crippen LogP contribution is -2.53. The summed E-state index contributed by atoms with van der Waals surface area (Å²) in [4.78, 5) is 12.6. The molecule has 0 aromatic heterocycles. The van der Waals surface area contributed by atoms with Crippen LogP contribution < -0.4 is 0 Å². The summed E-state index contributed by atoms with van der Waals surface area (Å²) in [5, 5.41) is 0.266. The van der Waals surface area contributed by atoms with E-state index in [0.717, 1.165) is 37.0 Å². The second-order valence-electron chi connectivity index (χ2n) is 12.4. The third-order valence-electron chi connectivity index (χ3n) is 10.1. The molecule has 3 saturated carbocycles. The van der Waals surface area contributed by atoms with Crippen molar-refractivity contribution < 1.29 is 9.22 Å². The number of carbonyl (C=O) groups is 1. The second-order valence-corrected chi connectivity index (χ2v) is 17.2. The molecule has 2 nitrogen and oxygen atoms in total. The van der Waals surface area contributed by atoms with Gasteiger partial charge in [0.25, 0.3) is 0 Å². The molecule has 0 amide bonds. The fraction of sp³-hybridized carbons (Fsp3) is 0.880. The third kappa shape index (κ3) is 3.02. The highest BCUT2D eigenvalue weighted by Crippen LogP contribution is 2.64. The zero-order valence-corrected chi connectivity index (χ0v) is 20.3. The molecule has 4 rings (SSSR count). The number of Topliss-reactive ketones (excluding diaryl/α,β-unsaturated/α-hetero) is 1. The minimum Gasteiger partial charge on any atom is -0.411 e. The highest BCUT2D eigenvalue weighted by molar-refractivity contribution is 6.74. The van der Waals surface area contributed by atoms with Crippen molar-refractivity contribution in [1.29, 1.82) is 0 Å². The molecule has 0 spiro atoms. The Labute approximate surface area is 174 Å². The summed E-state index contributed by atoms with van der Waals surface area (Å²) >= 11 is 0. The smallest absolute Gasteiger partial charge is 0.192 e. The van der Waals surface area contributed by atoms with Gasteiger partial charge in [-0.2, -0.15) is 0 Å². The molecular formula is C25H42O2Si. The van der Waals surface area contributed by atoms with E-state index in [0.29, 0.717) is 23.2 Å². The van der Waals surface area contributed by atoms with E-state index in [1.165, 1.54) is 25.7 Å². The van der Waals surface area contributed by atoms with E-state index < -0.39 is 8.32 Å². The Kier molecular flexibility index (Phi) is 4.87. The quantitative estimate of drug-likeness (QED) is 0.376. The van der Waals surface area contributed by atoms with Crippen LogP contribution in [0.1, 0.15) is 79.6 Å². The molecule has 0 bridgehead atoms. The average Bonchev–Trinajstić information content (AvgIpc) is 2.89. The Hall–Kier alpha value is -0.413. The topological polar surface area (TPSA) is 26.3 Å². The molecule has 3 fully saturated rings. The van der Waals surface area contributed by atoms with Crippen LogP contribution in [0.2, 0.25) is 18.1 Å². The lowest BCUT2D eigenvalue weighted by atomic mass is 9.46. The molecule has 0 aromatic carbocycles. The largest absolute Gasteiger partial charge is 0.411 e. The predicted molar refractivity (Wildman–Crippen MR) is 119 cm³/mol. The van der Waals surface area contributed by atoms with Gasteiger partial charge in [-0.1, -0.05) is 46.8 Å². The van der Waals surface area contributed by atoms with Gasteiger partial charge < -0.3 is 4.43 Å². The maximum absolute atomic E-state index is 12.6. The lowest BCUT2D eigenvalue weighted by molar-refractivity contribution is -0.134. The number of hydrogen-bond acceptors (Lipinski definition) is 2. The number of hydrogen-bond donors (Lipinski definition) is 0. The molecule has 0 N–H and O–H groups in total. The number of rotatable bonds is 2. The fourth-order valence-electron chi connectivity index (χ4n) is 7.19. The van der Waals surface area contributed by atoms with Crippen LogP contribution in [0.25, 0.3) is 0 Å². The van der Waals surface area contributed by atoms with Gasteiger partial charge in [0.05, 0.1) is 6.10 Å². The molecule has 158 valence electrons. The van der Waals surface area contributed by atoms with Crippen molar-refractivity contribution in [2.45, 2.75) is 104 Å². The summed E-state index contributed by atoms with van der Waals surface area (Å²) in [6.07, 6.45) is 13.5. The first-order valence-electron chi connectivity index (χ1n) is 11.8. The van der Waals surface area contributed by atoms with E-state index in [9.17, 15) is 4.79 Å². The summed E-state index contributed by atoms with van der Waals surface area (Å²) in [7, 11) is -1.73. The van der Waals surface area contributed by atoms with Crippen molar-refractivity contribution in [1.82, 2.24) is 0 Å². The maximum atomic E-state index is 12.6. The Morgan fingerprint density at radius 2 is 1.79 bits per heavy atom. The first-order chi connectivity index (χ1) is 12.9. The Morgan fingerprint density at radius 1 is 1.07 bits per heavy atom. The molecule has 28 heavy (non-hydrogen) atoms. The number of ketones is 1. The van der Waals surface area contributed by atoms with Crippen molar-refractivity contribution in [2.75, 3.05) is 0 Å². The van der Waals surface area contributed by atoms with Crippen molar-refractivity contribution in [3.8, 4) is 0 Å². The van der Waals surface area contributed by atoms with Crippen molar-refractivity contribution in [3.05, 3.63) is 12.2 Å². The van der Waals surface area contributed by atoms with E-state index >= 15 is 0 Å². The van der Waals surface area contributed by atoms with Crippen molar-refractivity contribution >= 4 is 14.1 Å². The van der Waals surface area contributed by atoms with Gasteiger partial charge in [0, 0.05) is 11.8 Å². The molecular weight excluding hydrogens is 360 g/mol. The molecule has 0 radical (unpaired) electrons. The van der Waals surface area contributed by atoms with Crippen LogP contribution in [-0.2, 0) is 9.22 Å². The van der Waals surface area contributed by atoms with E-state index in [4.69, 9.17) is 4.43 Å². The van der Waals surface area contributed by atoms with E-state index in [2.05, 4.69) is 59.9 Å². The third-order valence-corrected chi connectivity index (χ3v) is 14.6. The van der Waals surface area contributed by atoms with Crippen LogP contribution in [-0.4, -0.2) is 20.2 Å². The van der Waals surface area contributed by atoms with Gasteiger partial charge in [0.15, 0.2) is 8.32 Å². The molecule has 3 heteroatoms. The summed E-state index contributed by atoms with van der Waals surface area (Å²) in [6.45, 7) is 16.6. The zero-order valence-electron chi connectivity index (χ0n) is 19.3. The molecule has 0 saturated heterocycles. The monoisotopic (exact) mass is 402 g/mol. The molecule has 0 heterocycles. The Balaban J connectivity index is 1.54. The normalized spacial score (nSPS) is 46.1. The molecule has 4 aliphatic rings. The van der Waals surface area contributed by atoms with E-state index in [1.807, 2.05) is 0 Å². The molecule has 7 atom stereocenters. The van der Waals surface area contributed by atoms with Crippen LogP contribution in [0.3, 0.4) is 0 Å². The van der Waals surface area contributed by atoms with Gasteiger partial charge in [0.1, 0.15) is 5.78 Å². The number of carbonyl (C=O) groups excluding carboxylic acids is 1. The first-order valence-corrected chi connectivity index (χ1v) is 14.7. The van der Waals surface area contributed by atoms with Crippen LogP contribution in [0.15, 0.2) is 12.2 Å². The predicted octanol–water partition coefficient (Wildman–Crippen LogP) is 6.76. The fourth-order valence-corrected chi connectivity index (χ4v) is 8.47. The standard InChI is InChI=1S/C25H42O2Si/c1-23(2,3)28(6,7)27-18-12-14-24(4)17(16-18)8-9-19-20-10-11-22(26)25(20,5)15-13-21(19)24/h12,14,17-21H,8-11,13,15-16H2,1-7H3/t17-,18-,19-,20-,21-,24-,25-/m0/s1. The Bertz CT molecular complexity index is 675. The van der Waals surface area contributed by atoms with Gasteiger partial charge in [-0.05, 0) is 85.7 Å². The highest BCUT2D eigenvalue weighted by atomic mass is 28.4. The van der Waals surface area contributed by atoms with Gasteiger partial charge in [-0.25, -0.2) is 0 Å². The molecule has 4 aliphatic carbocycles. The number of fused-ring (bicyclic) bond motifs is 5. The van der Waals surface area contributed by atoms with Crippen molar-refractivity contribution in [3.63, 3.8) is 0 Å². The van der Waals surface area contributed by atoms with Crippen LogP contribution in [0, 0.1) is 34.5 Å². The maximum Gasteiger partial charge on any atom is 0.192 e. The zero-order chi connectivity index (χ0) is 20.5. The van der Waals surface area contributed by atoms with Gasteiger partial charge in [-0.3, -0.25) is 4.79 Å². The first kappa shape index (κ1) is 20.8. The summed E-state index contributed by atoms with van der Waals surface area (Å²) < 4.78 is 6.78. The van der Waals surface area contributed by atoms with Gasteiger partial charge in [-0.15, -0.1) is 0 Å². The van der Waals surface area contributed by atoms with Crippen LogP contribution >= 0.6 is 0 Å². The minimum absolute atomic E-state index is 0.00325. The van der Waals surface area contributed by atoms with Crippen molar-refractivity contribution in [2.24, 2.45) is 34.5 Å². The van der Waals surface area contributed by atoms with Gasteiger partial charge in [0.2, 0.25) is 0 Å². The summed E-state index contributed by atoms with van der Waals surface area (Å²) in [5.74, 6) is 3.47.